The van der Waals surface area contributed by atoms with Gasteiger partial charge in [-0.3, -0.25) is 4.99 Å². The third kappa shape index (κ3) is 5.14. The minimum Gasteiger partial charge on any atom is -0.369 e. The summed E-state index contributed by atoms with van der Waals surface area (Å²) in [4.78, 5) is 15.2. The van der Waals surface area contributed by atoms with Crippen LogP contribution in [0.3, 0.4) is 0 Å². The maximum absolute atomic E-state index is 9.65. The van der Waals surface area contributed by atoms with E-state index in [1.807, 2.05) is 14.1 Å². The number of carbonyl (C=O) groups excluding carboxylic acids is 1. The van der Waals surface area contributed by atoms with Crippen molar-refractivity contribution in [3.63, 3.8) is 0 Å². The zero-order valence-electron chi connectivity index (χ0n) is 5.16. The molecule has 0 atom stereocenters. The minimum atomic E-state index is 0.262. The fraction of sp³-hybridized carbons (Fsp3) is 0.600. The summed E-state index contributed by atoms with van der Waals surface area (Å²) in [6.45, 7) is 0.262. The van der Waals surface area contributed by atoms with Gasteiger partial charge in [0.05, 0.1) is 12.9 Å². The lowest BCUT2D eigenvalue weighted by Gasteiger charge is -1.99. The van der Waals surface area contributed by atoms with Crippen LogP contribution in [0.5, 0.6) is 0 Å². The van der Waals surface area contributed by atoms with Gasteiger partial charge in [0, 0.05) is 14.1 Å². The van der Waals surface area contributed by atoms with E-state index in [1.165, 1.54) is 0 Å². The predicted molar refractivity (Wildman–Crippen MR) is 33.1 cm³/mol. The molecular formula is C5H10N2O. The van der Waals surface area contributed by atoms with Crippen molar-refractivity contribution in [3.05, 3.63) is 0 Å². The maximum atomic E-state index is 9.65. The van der Waals surface area contributed by atoms with Crippen molar-refractivity contribution in [1.82, 2.24) is 4.90 Å². The molecule has 0 N–H and O–H groups in total. The van der Waals surface area contributed by atoms with Crippen LogP contribution < -0.4 is 0 Å². The Morgan fingerprint density at radius 3 is 2.62 bits per heavy atom. The Balaban J connectivity index is 3.19. The average molecular weight is 114 g/mol. The number of aldehydes is 1. The van der Waals surface area contributed by atoms with Crippen LogP contribution in [0, 0.1) is 0 Å². The van der Waals surface area contributed by atoms with Crippen molar-refractivity contribution < 1.29 is 4.79 Å². The van der Waals surface area contributed by atoms with E-state index in [-0.39, 0.29) is 6.54 Å². The lowest BCUT2D eigenvalue weighted by molar-refractivity contribution is -0.106. The molecule has 0 aliphatic carbocycles. The fourth-order valence-corrected chi connectivity index (χ4v) is 0.253. The first-order valence-electron chi connectivity index (χ1n) is 2.37. The zero-order chi connectivity index (χ0) is 6.41. The van der Waals surface area contributed by atoms with Crippen LogP contribution in [-0.4, -0.2) is 38.2 Å². The quantitative estimate of drug-likeness (QED) is 0.288. The van der Waals surface area contributed by atoms with Gasteiger partial charge >= 0.3 is 0 Å². The van der Waals surface area contributed by atoms with Gasteiger partial charge in [-0.25, -0.2) is 0 Å². The predicted octanol–water partition coefficient (Wildman–Crippen LogP) is -0.225. The standard InChI is InChI=1S/C5H10N2O/c1-7(2)5-6-3-4-8/h4-5H,3H2,1-2H3. The fourth-order valence-electron chi connectivity index (χ4n) is 0.253. The molecule has 0 radical (unpaired) electrons. The number of nitrogens with zero attached hydrogens (tertiary/aromatic N) is 2. The molecule has 0 saturated heterocycles. The van der Waals surface area contributed by atoms with E-state index in [1.54, 1.807) is 11.2 Å². The van der Waals surface area contributed by atoms with Gasteiger partial charge in [-0.2, -0.15) is 0 Å². The van der Waals surface area contributed by atoms with Crippen LogP contribution >= 0.6 is 0 Å². The summed E-state index contributed by atoms with van der Waals surface area (Å²) < 4.78 is 0. The first kappa shape index (κ1) is 7.14. The van der Waals surface area contributed by atoms with Crippen LogP contribution in [0.15, 0.2) is 4.99 Å². The molecule has 0 bridgehead atoms. The molecule has 0 heterocycles. The van der Waals surface area contributed by atoms with Crippen molar-refractivity contribution >= 4 is 12.6 Å². The van der Waals surface area contributed by atoms with E-state index in [2.05, 4.69) is 4.99 Å². The van der Waals surface area contributed by atoms with Crippen molar-refractivity contribution in [2.75, 3.05) is 20.6 Å². The van der Waals surface area contributed by atoms with Gasteiger partial charge in [-0.1, -0.05) is 0 Å². The van der Waals surface area contributed by atoms with Gasteiger partial charge in [0.2, 0.25) is 0 Å². The summed E-state index contributed by atoms with van der Waals surface area (Å²) in [6.07, 6.45) is 2.37. The molecule has 8 heavy (non-hydrogen) atoms. The Morgan fingerprint density at radius 2 is 2.25 bits per heavy atom. The molecule has 3 nitrogen and oxygen atoms in total. The van der Waals surface area contributed by atoms with E-state index in [0.717, 1.165) is 6.29 Å². The second kappa shape index (κ2) is 4.30. The number of hydrogen-bond donors (Lipinski definition) is 0. The molecule has 0 aromatic carbocycles. The Labute approximate surface area is 49.0 Å². The first-order valence-corrected chi connectivity index (χ1v) is 2.37. The molecule has 0 aliphatic heterocycles. The largest absolute Gasteiger partial charge is 0.369 e. The number of rotatable bonds is 3. The van der Waals surface area contributed by atoms with Crippen LogP contribution in [0.2, 0.25) is 0 Å². The Bertz CT molecular complexity index is 88.4. The third-order valence-corrected chi connectivity index (χ3v) is 0.493. The van der Waals surface area contributed by atoms with Crippen molar-refractivity contribution in [3.8, 4) is 0 Å². The highest BCUT2D eigenvalue weighted by molar-refractivity contribution is 5.59. The van der Waals surface area contributed by atoms with Crippen molar-refractivity contribution in [2.45, 2.75) is 0 Å². The highest BCUT2D eigenvalue weighted by Crippen LogP contribution is 1.64. The molecule has 0 saturated carbocycles. The van der Waals surface area contributed by atoms with Crippen LogP contribution in [0.1, 0.15) is 0 Å². The van der Waals surface area contributed by atoms with E-state index in [4.69, 9.17) is 0 Å². The molecule has 0 rings (SSSR count). The van der Waals surface area contributed by atoms with Crippen LogP contribution in [-0.2, 0) is 4.79 Å². The first-order chi connectivity index (χ1) is 3.77. The molecule has 0 unspecified atom stereocenters. The Kier molecular flexibility index (Phi) is 3.84. The minimum absolute atomic E-state index is 0.262. The van der Waals surface area contributed by atoms with E-state index >= 15 is 0 Å². The highest BCUT2D eigenvalue weighted by atomic mass is 16.1. The van der Waals surface area contributed by atoms with Gasteiger partial charge in [0.15, 0.2) is 0 Å². The normalized spacial score (nSPS) is 9.75. The zero-order valence-corrected chi connectivity index (χ0v) is 5.16. The third-order valence-electron chi connectivity index (χ3n) is 0.493. The Morgan fingerprint density at radius 1 is 1.62 bits per heavy atom. The summed E-state index contributed by atoms with van der Waals surface area (Å²) in [5.41, 5.74) is 0. The summed E-state index contributed by atoms with van der Waals surface area (Å²) in [5, 5.41) is 0. The average Bonchev–Trinajstić information content (AvgIpc) is 1.66. The smallest absolute Gasteiger partial charge is 0.141 e. The summed E-state index contributed by atoms with van der Waals surface area (Å²) >= 11 is 0. The lowest BCUT2D eigenvalue weighted by atomic mass is 10.8. The summed E-state index contributed by atoms with van der Waals surface area (Å²) in [5.74, 6) is 0. The SMILES string of the molecule is CN(C)C=NCC=O. The second-order valence-electron chi connectivity index (χ2n) is 1.61. The molecule has 46 valence electrons. The number of aliphatic imine (C=N–C) groups is 1. The lowest BCUT2D eigenvalue weighted by Crippen LogP contribution is -2.07. The molecular weight excluding hydrogens is 104 g/mol. The summed E-state index contributed by atoms with van der Waals surface area (Å²) in [7, 11) is 3.71. The van der Waals surface area contributed by atoms with Crippen molar-refractivity contribution in [2.24, 2.45) is 4.99 Å². The monoisotopic (exact) mass is 114 g/mol. The van der Waals surface area contributed by atoms with Gasteiger partial charge in [0.1, 0.15) is 6.29 Å². The molecule has 0 spiro atoms. The molecule has 0 aromatic rings. The number of hydrogen-bond acceptors (Lipinski definition) is 2. The van der Waals surface area contributed by atoms with Crippen LogP contribution in [0.25, 0.3) is 0 Å². The van der Waals surface area contributed by atoms with Gasteiger partial charge in [-0.05, 0) is 0 Å². The molecule has 3 heteroatoms. The molecule has 0 aromatic heterocycles. The molecule has 0 aliphatic rings. The van der Waals surface area contributed by atoms with E-state index in [9.17, 15) is 4.79 Å². The van der Waals surface area contributed by atoms with Crippen molar-refractivity contribution in [1.29, 1.82) is 0 Å². The highest BCUT2D eigenvalue weighted by Gasteiger charge is 1.73. The van der Waals surface area contributed by atoms with Gasteiger partial charge in [0.25, 0.3) is 0 Å². The van der Waals surface area contributed by atoms with E-state index in [0.29, 0.717) is 0 Å². The Hall–Kier alpha value is -0.860. The number of carbonyl (C=O) groups is 1. The topological polar surface area (TPSA) is 32.7 Å². The van der Waals surface area contributed by atoms with Crippen LogP contribution in [0.4, 0.5) is 0 Å². The second-order valence-corrected chi connectivity index (χ2v) is 1.61. The molecule has 0 fully saturated rings. The molecule has 0 amide bonds. The maximum Gasteiger partial charge on any atom is 0.141 e. The summed E-state index contributed by atoms with van der Waals surface area (Å²) in [6, 6.07) is 0. The van der Waals surface area contributed by atoms with Gasteiger partial charge in [-0.15, -0.1) is 0 Å². The van der Waals surface area contributed by atoms with Gasteiger partial charge < -0.3 is 9.69 Å². The van der Waals surface area contributed by atoms with E-state index < -0.39 is 0 Å².